The number of nitrogens with one attached hydrogen (secondary N) is 2. The average molecular weight is 451 g/mol. The van der Waals surface area contributed by atoms with Crippen molar-refractivity contribution in [2.24, 2.45) is 0 Å². The monoisotopic (exact) mass is 450 g/mol. The molecule has 0 aliphatic rings. The second-order valence-corrected chi connectivity index (χ2v) is 9.68. The molecule has 158 valence electrons. The minimum Gasteiger partial charge on any atom is -0.495 e. The van der Waals surface area contributed by atoms with E-state index in [4.69, 9.17) is 4.74 Å². The highest BCUT2D eigenvalue weighted by Crippen LogP contribution is 2.29. The smallest absolute Gasteiger partial charge is 0.262 e. The van der Waals surface area contributed by atoms with Crippen LogP contribution in [0.25, 0.3) is 0 Å². The maximum Gasteiger partial charge on any atom is 0.262 e. The molecule has 0 bridgehead atoms. The lowest BCUT2D eigenvalue weighted by Gasteiger charge is -2.15. The van der Waals surface area contributed by atoms with Gasteiger partial charge in [0.05, 0.1) is 28.3 Å². The van der Waals surface area contributed by atoms with Crippen LogP contribution in [0.2, 0.25) is 0 Å². The molecule has 0 aliphatic heterocycles. The third kappa shape index (κ3) is 4.71. The maximum absolute atomic E-state index is 13.4. The van der Waals surface area contributed by atoms with Gasteiger partial charge in [0.1, 0.15) is 11.6 Å². The Morgan fingerprint density at radius 1 is 0.833 bits per heavy atom. The zero-order valence-electron chi connectivity index (χ0n) is 16.1. The van der Waals surface area contributed by atoms with Crippen LogP contribution in [-0.2, 0) is 20.0 Å². The minimum atomic E-state index is -4.11. The highest BCUT2D eigenvalue weighted by Gasteiger charge is 2.21. The number of halogens is 1. The van der Waals surface area contributed by atoms with Crippen molar-refractivity contribution in [2.45, 2.75) is 16.7 Å². The Bertz CT molecular complexity index is 1290. The van der Waals surface area contributed by atoms with Crippen molar-refractivity contribution >= 4 is 31.4 Å². The second-order valence-electron chi connectivity index (χ2n) is 6.35. The third-order valence-corrected chi connectivity index (χ3v) is 7.07. The topological polar surface area (TPSA) is 102 Å². The molecule has 0 heterocycles. The first-order chi connectivity index (χ1) is 14.1. The van der Waals surface area contributed by atoms with Gasteiger partial charge in [0.25, 0.3) is 20.0 Å². The maximum atomic E-state index is 13.4. The van der Waals surface area contributed by atoms with Gasteiger partial charge in [0.2, 0.25) is 0 Å². The van der Waals surface area contributed by atoms with Crippen LogP contribution in [0.4, 0.5) is 15.8 Å². The molecule has 0 saturated carbocycles. The molecule has 3 aromatic rings. The number of rotatable bonds is 7. The molecule has 10 heteroatoms. The van der Waals surface area contributed by atoms with Crippen LogP contribution in [0.3, 0.4) is 0 Å². The molecule has 0 fully saturated rings. The molecule has 2 N–H and O–H groups in total. The van der Waals surface area contributed by atoms with Crippen LogP contribution in [0.1, 0.15) is 5.56 Å². The van der Waals surface area contributed by atoms with Gasteiger partial charge in [-0.05, 0) is 55.0 Å². The first-order valence-corrected chi connectivity index (χ1v) is 11.6. The van der Waals surface area contributed by atoms with E-state index in [1.807, 2.05) is 0 Å². The number of sulfonamides is 2. The highest BCUT2D eigenvalue weighted by molar-refractivity contribution is 7.93. The molecule has 0 spiro atoms. The summed E-state index contributed by atoms with van der Waals surface area (Å²) in [5.41, 5.74) is 0.668. The predicted molar refractivity (Wildman–Crippen MR) is 112 cm³/mol. The van der Waals surface area contributed by atoms with E-state index in [2.05, 4.69) is 9.44 Å². The summed E-state index contributed by atoms with van der Waals surface area (Å²) in [6.45, 7) is 1.58. The van der Waals surface area contributed by atoms with Gasteiger partial charge in [-0.3, -0.25) is 9.44 Å². The summed E-state index contributed by atoms with van der Waals surface area (Å²) in [5.74, 6) is -0.368. The molecule has 0 radical (unpaired) electrons. The van der Waals surface area contributed by atoms with E-state index in [1.165, 1.54) is 37.4 Å². The van der Waals surface area contributed by atoms with Gasteiger partial charge in [0.15, 0.2) is 0 Å². The summed E-state index contributed by atoms with van der Waals surface area (Å²) in [4.78, 5) is -0.396. The molecule has 3 rings (SSSR count). The Balaban J connectivity index is 1.95. The second kappa shape index (κ2) is 8.33. The summed E-state index contributed by atoms with van der Waals surface area (Å²) in [7, 11) is -6.74. The van der Waals surface area contributed by atoms with Crippen molar-refractivity contribution in [3.63, 3.8) is 0 Å². The van der Waals surface area contributed by atoms with E-state index in [1.54, 1.807) is 31.2 Å². The molecule has 0 unspecified atom stereocenters. The van der Waals surface area contributed by atoms with Crippen LogP contribution in [-0.4, -0.2) is 23.9 Å². The van der Waals surface area contributed by atoms with Crippen LogP contribution in [0, 0.1) is 12.7 Å². The summed E-state index contributed by atoms with van der Waals surface area (Å²) in [6.07, 6.45) is 0. The summed E-state index contributed by atoms with van der Waals surface area (Å²) in [6, 6.07) is 15.1. The lowest BCUT2D eigenvalue weighted by Crippen LogP contribution is -2.17. The molecule has 3 aromatic carbocycles. The number of hydrogen-bond acceptors (Lipinski definition) is 5. The number of anilines is 2. The van der Waals surface area contributed by atoms with E-state index in [0.29, 0.717) is 11.3 Å². The normalized spacial score (nSPS) is 11.7. The van der Waals surface area contributed by atoms with Crippen molar-refractivity contribution in [1.29, 1.82) is 0 Å². The van der Waals surface area contributed by atoms with Crippen LogP contribution >= 0.6 is 0 Å². The van der Waals surface area contributed by atoms with Gasteiger partial charge < -0.3 is 4.74 Å². The molecular weight excluding hydrogens is 431 g/mol. The van der Waals surface area contributed by atoms with Gasteiger partial charge in [-0.2, -0.15) is 0 Å². The molecule has 0 aromatic heterocycles. The summed E-state index contributed by atoms with van der Waals surface area (Å²) < 4.78 is 74.2. The number of para-hydroxylation sites is 2. The van der Waals surface area contributed by atoms with Gasteiger partial charge in [-0.15, -0.1) is 0 Å². The molecular formula is C20H19FN2O5S2. The molecule has 0 saturated heterocycles. The van der Waals surface area contributed by atoms with Crippen LogP contribution in [0.15, 0.2) is 76.5 Å². The Morgan fingerprint density at radius 2 is 1.57 bits per heavy atom. The molecule has 0 amide bonds. The molecule has 0 atom stereocenters. The van der Waals surface area contributed by atoms with Crippen molar-refractivity contribution in [3.8, 4) is 5.75 Å². The van der Waals surface area contributed by atoms with Gasteiger partial charge in [0, 0.05) is 0 Å². The Labute approximate surface area is 174 Å². The lowest BCUT2D eigenvalue weighted by molar-refractivity contribution is 0.417. The van der Waals surface area contributed by atoms with E-state index in [9.17, 15) is 21.2 Å². The number of methoxy groups -OCH3 is 1. The first-order valence-electron chi connectivity index (χ1n) is 8.67. The van der Waals surface area contributed by atoms with Gasteiger partial charge >= 0.3 is 0 Å². The third-order valence-electron chi connectivity index (χ3n) is 4.19. The Hall–Kier alpha value is -3.11. The first kappa shape index (κ1) is 21.6. The fourth-order valence-electron chi connectivity index (χ4n) is 2.73. The zero-order chi connectivity index (χ0) is 21.9. The zero-order valence-corrected chi connectivity index (χ0v) is 17.7. The fourth-order valence-corrected chi connectivity index (χ4v) is 5.15. The number of hydrogen-bond donors (Lipinski definition) is 2. The number of aryl methyl sites for hydroxylation is 1. The fraction of sp³-hybridized carbons (Fsp3) is 0.100. The SMILES string of the molecule is COc1ccccc1NS(=O)(=O)c1cc(NS(=O)(=O)c2cccc(F)c2)ccc1C. The van der Waals surface area contributed by atoms with Crippen LogP contribution < -0.4 is 14.2 Å². The molecule has 7 nitrogen and oxygen atoms in total. The Kier molecular flexibility index (Phi) is 5.99. The van der Waals surface area contributed by atoms with E-state index in [0.717, 1.165) is 12.1 Å². The van der Waals surface area contributed by atoms with E-state index in [-0.39, 0.29) is 21.2 Å². The van der Waals surface area contributed by atoms with Crippen molar-refractivity contribution in [2.75, 3.05) is 16.6 Å². The van der Waals surface area contributed by atoms with Crippen molar-refractivity contribution in [1.82, 2.24) is 0 Å². The van der Waals surface area contributed by atoms with Gasteiger partial charge in [-0.1, -0.05) is 24.3 Å². The van der Waals surface area contributed by atoms with E-state index >= 15 is 0 Å². The van der Waals surface area contributed by atoms with Crippen molar-refractivity contribution < 1.29 is 26.0 Å². The van der Waals surface area contributed by atoms with Crippen LogP contribution in [0.5, 0.6) is 5.75 Å². The lowest BCUT2D eigenvalue weighted by atomic mass is 10.2. The standard InChI is InChI=1S/C20H19FN2O5S2/c1-14-10-11-16(22-29(24,25)17-7-5-6-15(21)12-17)13-20(14)30(26,27)23-18-8-3-4-9-19(18)28-2/h3-13,22-23H,1-2H3. The Morgan fingerprint density at radius 3 is 2.27 bits per heavy atom. The van der Waals surface area contributed by atoms with Gasteiger partial charge in [-0.25, -0.2) is 21.2 Å². The number of ether oxygens (including phenoxy) is 1. The largest absolute Gasteiger partial charge is 0.495 e. The summed E-state index contributed by atoms with van der Waals surface area (Å²) >= 11 is 0. The molecule has 30 heavy (non-hydrogen) atoms. The van der Waals surface area contributed by atoms with E-state index < -0.39 is 25.9 Å². The molecule has 0 aliphatic carbocycles. The summed E-state index contributed by atoms with van der Waals surface area (Å²) in [5, 5.41) is 0. The van der Waals surface area contributed by atoms with Crippen molar-refractivity contribution in [3.05, 3.63) is 78.1 Å². The average Bonchev–Trinajstić information content (AvgIpc) is 2.69. The highest BCUT2D eigenvalue weighted by atomic mass is 32.2. The number of benzene rings is 3. The predicted octanol–water partition coefficient (Wildman–Crippen LogP) is 3.74. The minimum absolute atomic E-state index is 0.0188. The quantitative estimate of drug-likeness (QED) is 0.571.